The van der Waals surface area contributed by atoms with E-state index in [2.05, 4.69) is 0 Å². The van der Waals surface area contributed by atoms with Crippen LogP contribution < -0.4 is 5.73 Å². The van der Waals surface area contributed by atoms with Gasteiger partial charge < -0.3 is 15.4 Å². The summed E-state index contributed by atoms with van der Waals surface area (Å²) in [6, 6.07) is 5.22. The number of ether oxygens (including phenoxy) is 1. The zero-order valence-electron chi connectivity index (χ0n) is 11.2. The molecule has 1 aromatic carbocycles. The van der Waals surface area contributed by atoms with E-state index in [-0.39, 0.29) is 18.1 Å². The number of anilines is 1. The number of hydrogen-bond acceptors (Lipinski definition) is 3. The fourth-order valence-corrected chi connectivity index (χ4v) is 2.60. The van der Waals surface area contributed by atoms with Crippen molar-refractivity contribution in [3.05, 3.63) is 28.8 Å². The second-order valence-corrected chi connectivity index (χ2v) is 5.27. The Balaban J connectivity index is 2.31. The molecule has 0 bridgehead atoms. The van der Waals surface area contributed by atoms with E-state index in [0.717, 1.165) is 6.42 Å². The molecule has 1 aliphatic heterocycles. The van der Waals surface area contributed by atoms with E-state index in [4.69, 9.17) is 22.1 Å². The van der Waals surface area contributed by atoms with Gasteiger partial charge in [0.2, 0.25) is 0 Å². The number of nitrogens with zero attached hydrogens (tertiary/aromatic N) is 1. The van der Waals surface area contributed by atoms with E-state index in [1.165, 1.54) is 0 Å². The molecule has 4 nitrogen and oxygen atoms in total. The second-order valence-electron chi connectivity index (χ2n) is 4.87. The summed E-state index contributed by atoms with van der Waals surface area (Å²) in [7, 11) is 0. The molecule has 1 amide bonds. The lowest BCUT2D eigenvalue weighted by atomic mass is 10.1. The molecule has 1 aromatic rings. The van der Waals surface area contributed by atoms with Gasteiger partial charge in [0.1, 0.15) is 0 Å². The molecule has 0 saturated carbocycles. The first kappa shape index (κ1) is 14.2. The molecule has 2 N–H and O–H groups in total. The van der Waals surface area contributed by atoms with Gasteiger partial charge in [0.05, 0.1) is 29.3 Å². The lowest BCUT2D eigenvalue weighted by molar-refractivity contribution is -0.0443. The normalized spacial score (nSPS) is 23.4. The molecule has 19 heavy (non-hydrogen) atoms. The highest BCUT2D eigenvalue weighted by atomic mass is 35.5. The molecule has 1 saturated heterocycles. The van der Waals surface area contributed by atoms with Crippen molar-refractivity contribution in [3.63, 3.8) is 0 Å². The van der Waals surface area contributed by atoms with E-state index in [9.17, 15) is 4.79 Å². The number of rotatable bonds is 2. The van der Waals surface area contributed by atoms with Crippen LogP contribution in [0.1, 0.15) is 30.6 Å². The molecule has 2 atom stereocenters. The number of nitrogens with two attached hydrogens (primary N) is 1. The summed E-state index contributed by atoms with van der Waals surface area (Å²) < 4.78 is 5.60. The van der Waals surface area contributed by atoms with Gasteiger partial charge in [-0.2, -0.15) is 0 Å². The third kappa shape index (κ3) is 2.85. The van der Waals surface area contributed by atoms with E-state index < -0.39 is 0 Å². The Kier molecular flexibility index (Phi) is 4.32. The summed E-state index contributed by atoms with van der Waals surface area (Å²) in [6.45, 7) is 5.14. The van der Waals surface area contributed by atoms with Gasteiger partial charge in [-0.25, -0.2) is 0 Å². The Bertz CT molecular complexity index is 458. The Morgan fingerprint density at radius 1 is 1.58 bits per heavy atom. The molecule has 5 heteroatoms. The van der Waals surface area contributed by atoms with Gasteiger partial charge >= 0.3 is 0 Å². The van der Waals surface area contributed by atoms with Crippen molar-refractivity contribution in [1.82, 2.24) is 4.90 Å². The number of amides is 1. The summed E-state index contributed by atoms with van der Waals surface area (Å²) in [4.78, 5) is 14.5. The summed E-state index contributed by atoms with van der Waals surface area (Å²) >= 11 is 6.11. The molecule has 1 heterocycles. The van der Waals surface area contributed by atoms with Crippen LogP contribution in [0, 0.1) is 0 Å². The van der Waals surface area contributed by atoms with Gasteiger partial charge in [-0.05, 0) is 25.5 Å². The minimum Gasteiger partial charge on any atom is -0.398 e. The third-order valence-electron chi connectivity index (χ3n) is 3.46. The zero-order chi connectivity index (χ0) is 14.0. The Morgan fingerprint density at radius 3 is 2.95 bits per heavy atom. The van der Waals surface area contributed by atoms with Crippen molar-refractivity contribution in [3.8, 4) is 0 Å². The van der Waals surface area contributed by atoms with E-state index in [1.54, 1.807) is 18.2 Å². The van der Waals surface area contributed by atoms with Crippen LogP contribution in [0.2, 0.25) is 5.02 Å². The van der Waals surface area contributed by atoms with Crippen molar-refractivity contribution >= 4 is 23.2 Å². The van der Waals surface area contributed by atoms with Crippen LogP contribution >= 0.6 is 11.6 Å². The van der Waals surface area contributed by atoms with E-state index >= 15 is 0 Å². The van der Waals surface area contributed by atoms with Crippen LogP contribution in [0.5, 0.6) is 0 Å². The van der Waals surface area contributed by atoms with Crippen molar-refractivity contribution in [1.29, 1.82) is 0 Å². The van der Waals surface area contributed by atoms with E-state index in [0.29, 0.717) is 29.4 Å². The van der Waals surface area contributed by atoms with Gasteiger partial charge in [-0.1, -0.05) is 24.6 Å². The third-order valence-corrected chi connectivity index (χ3v) is 3.77. The van der Waals surface area contributed by atoms with Crippen LogP contribution in [0.25, 0.3) is 0 Å². The molecule has 0 aliphatic carbocycles. The molecule has 1 aliphatic rings. The second kappa shape index (κ2) is 5.80. The van der Waals surface area contributed by atoms with Crippen LogP contribution in [-0.2, 0) is 4.74 Å². The summed E-state index contributed by atoms with van der Waals surface area (Å²) in [5, 5.41) is 0.402. The average molecular weight is 283 g/mol. The maximum absolute atomic E-state index is 12.7. The number of halogens is 1. The Hall–Kier alpha value is -1.26. The molecular weight excluding hydrogens is 264 g/mol. The number of carbonyl (C=O) groups is 1. The zero-order valence-corrected chi connectivity index (χ0v) is 12.0. The molecule has 0 radical (unpaired) electrons. The topological polar surface area (TPSA) is 55.6 Å². The number of carbonyl (C=O) groups excluding carboxylic acids is 1. The fourth-order valence-electron chi connectivity index (χ4n) is 2.34. The maximum atomic E-state index is 12.7. The lowest BCUT2D eigenvalue weighted by Gasteiger charge is -2.38. The smallest absolute Gasteiger partial charge is 0.257 e. The molecule has 1 fully saturated rings. The maximum Gasteiger partial charge on any atom is 0.257 e. The van der Waals surface area contributed by atoms with Crippen molar-refractivity contribution in [2.24, 2.45) is 0 Å². The lowest BCUT2D eigenvalue weighted by Crippen LogP contribution is -2.51. The minimum atomic E-state index is -0.106. The molecule has 2 rings (SSSR count). The molecule has 0 spiro atoms. The highest BCUT2D eigenvalue weighted by Gasteiger charge is 2.31. The molecule has 2 unspecified atom stereocenters. The molecule has 104 valence electrons. The highest BCUT2D eigenvalue weighted by Crippen LogP contribution is 2.26. The summed E-state index contributed by atoms with van der Waals surface area (Å²) in [5.74, 6) is -0.106. The fraction of sp³-hybridized carbons (Fsp3) is 0.500. The van der Waals surface area contributed by atoms with Gasteiger partial charge in [0.25, 0.3) is 5.91 Å². The predicted molar refractivity (Wildman–Crippen MR) is 76.4 cm³/mol. The summed E-state index contributed by atoms with van der Waals surface area (Å²) in [5.41, 5.74) is 6.71. The largest absolute Gasteiger partial charge is 0.398 e. The number of morpholine rings is 1. The highest BCUT2D eigenvalue weighted by molar-refractivity contribution is 6.34. The molecule has 0 aromatic heterocycles. The van der Waals surface area contributed by atoms with Crippen molar-refractivity contribution in [2.75, 3.05) is 18.9 Å². The standard InChI is InChI=1S/C14H19ClN2O2/c1-3-10-8-19-9(2)7-17(10)14(18)13-11(15)5-4-6-12(13)16/h4-6,9-10H,3,7-8,16H2,1-2H3. The summed E-state index contributed by atoms with van der Waals surface area (Å²) in [6.07, 6.45) is 0.887. The Morgan fingerprint density at radius 2 is 2.32 bits per heavy atom. The SMILES string of the molecule is CCC1COC(C)CN1C(=O)c1c(N)cccc1Cl. The minimum absolute atomic E-state index is 0.0375. The first-order valence-corrected chi connectivity index (χ1v) is 6.89. The van der Waals surface area contributed by atoms with Crippen molar-refractivity contribution in [2.45, 2.75) is 32.4 Å². The predicted octanol–water partition coefficient (Wildman–Crippen LogP) is 2.56. The van der Waals surface area contributed by atoms with Gasteiger partial charge in [-0.3, -0.25) is 4.79 Å². The number of hydrogen-bond donors (Lipinski definition) is 1. The monoisotopic (exact) mass is 282 g/mol. The van der Waals surface area contributed by atoms with Crippen LogP contribution in [-0.4, -0.2) is 36.1 Å². The van der Waals surface area contributed by atoms with Crippen LogP contribution in [0.4, 0.5) is 5.69 Å². The first-order chi connectivity index (χ1) is 9.04. The van der Waals surface area contributed by atoms with Crippen molar-refractivity contribution < 1.29 is 9.53 Å². The Labute approximate surface area is 118 Å². The van der Waals surface area contributed by atoms with Crippen LogP contribution in [0.15, 0.2) is 18.2 Å². The quantitative estimate of drug-likeness (QED) is 0.848. The van der Waals surface area contributed by atoms with E-state index in [1.807, 2.05) is 18.7 Å². The number of nitrogen functional groups attached to an aromatic ring is 1. The first-order valence-electron chi connectivity index (χ1n) is 6.51. The van der Waals surface area contributed by atoms with Gasteiger partial charge in [0.15, 0.2) is 0 Å². The van der Waals surface area contributed by atoms with Crippen LogP contribution in [0.3, 0.4) is 0 Å². The average Bonchev–Trinajstić information content (AvgIpc) is 2.38. The number of benzene rings is 1. The molecular formula is C14H19ClN2O2. The van der Waals surface area contributed by atoms with Gasteiger partial charge in [-0.15, -0.1) is 0 Å². The van der Waals surface area contributed by atoms with Gasteiger partial charge in [0, 0.05) is 12.2 Å².